The van der Waals surface area contributed by atoms with Crippen molar-refractivity contribution in [3.8, 4) is 17.0 Å². The number of aromatic nitrogens is 3. The van der Waals surface area contributed by atoms with E-state index < -0.39 is 12.0 Å². The second kappa shape index (κ2) is 5.73. The molecule has 20 heavy (non-hydrogen) atoms. The quantitative estimate of drug-likeness (QED) is 0.906. The molecule has 1 unspecified atom stereocenters. The lowest BCUT2D eigenvalue weighted by Crippen LogP contribution is -2.20. The highest BCUT2D eigenvalue weighted by molar-refractivity contribution is 5.73. The monoisotopic (exact) mass is 275 g/mol. The smallest absolute Gasteiger partial charge is 0.328 e. The second-order valence-electron chi connectivity index (χ2n) is 4.51. The minimum absolute atomic E-state index is 0.445. The van der Waals surface area contributed by atoms with E-state index in [0.29, 0.717) is 12.1 Å². The van der Waals surface area contributed by atoms with Crippen LogP contribution in [0.4, 0.5) is 0 Å². The van der Waals surface area contributed by atoms with Crippen LogP contribution in [0.3, 0.4) is 0 Å². The molecule has 1 atom stereocenters. The van der Waals surface area contributed by atoms with Crippen LogP contribution in [0.5, 0.6) is 5.75 Å². The zero-order valence-corrected chi connectivity index (χ0v) is 11.7. The van der Waals surface area contributed by atoms with Crippen molar-refractivity contribution in [2.24, 2.45) is 0 Å². The van der Waals surface area contributed by atoms with Gasteiger partial charge in [-0.05, 0) is 37.1 Å². The van der Waals surface area contributed by atoms with Gasteiger partial charge in [0.25, 0.3) is 0 Å². The van der Waals surface area contributed by atoms with E-state index in [1.54, 1.807) is 13.3 Å². The van der Waals surface area contributed by atoms with Crippen LogP contribution < -0.4 is 4.74 Å². The molecule has 0 spiro atoms. The zero-order valence-electron chi connectivity index (χ0n) is 11.7. The largest absolute Gasteiger partial charge is 0.496 e. The Hall–Kier alpha value is -2.37. The van der Waals surface area contributed by atoms with E-state index >= 15 is 0 Å². The highest BCUT2D eigenvalue weighted by atomic mass is 16.5. The fourth-order valence-corrected chi connectivity index (χ4v) is 2.17. The van der Waals surface area contributed by atoms with Crippen LogP contribution in [0.15, 0.2) is 24.4 Å². The number of ether oxygens (including phenoxy) is 1. The number of benzene rings is 1. The Morgan fingerprint density at radius 2 is 2.25 bits per heavy atom. The first kappa shape index (κ1) is 14.0. The summed E-state index contributed by atoms with van der Waals surface area (Å²) in [5.74, 6) is -0.123. The van der Waals surface area contributed by atoms with Gasteiger partial charge in [0, 0.05) is 5.56 Å². The molecule has 0 saturated heterocycles. The van der Waals surface area contributed by atoms with Gasteiger partial charge in [0.15, 0.2) is 6.04 Å². The molecule has 0 amide bonds. The van der Waals surface area contributed by atoms with Gasteiger partial charge in [0.1, 0.15) is 5.75 Å². The number of carbonyl (C=O) groups is 1. The molecule has 1 aromatic carbocycles. The summed E-state index contributed by atoms with van der Waals surface area (Å²) >= 11 is 0. The van der Waals surface area contributed by atoms with Crippen molar-refractivity contribution in [3.05, 3.63) is 30.0 Å². The fourth-order valence-electron chi connectivity index (χ4n) is 2.17. The van der Waals surface area contributed by atoms with E-state index in [1.165, 1.54) is 4.68 Å². The zero-order chi connectivity index (χ0) is 14.7. The van der Waals surface area contributed by atoms with Gasteiger partial charge in [-0.1, -0.05) is 12.1 Å². The predicted molar refractivity (Wildman–Crippen MR) is 73.7 cm³/mol. The number of carboxylic acids is 1. The molecule has 0 fully saturated rings. The van der Waals surface area contributed by atoms with Crippen molar-refractivity contribution in [3.63, 3.8) is 0 Å². The summed E-state index contributed by atoms with van der Waals surface area (Å²) < 4.78 is 6.67. The lowest BCUT2D eigenvalue weighted by Gasteiger charge is -2.14. The minimum Gasteiger partial charge on any atom is -0.496 e. The van der Waals surface area contributed by atoms with Gasteiger partial charge < -0.3 is 9.84 Å². The summed E-state index contributed by atoms with van der Waals surface area (Å²) in [5.41, 5.74) is 2.53. The Kier molecular flexibility index (Phi) is 4.02. The molecule has 0 bridgehead atoms. The van der Waals surface area contributed by atoms with Crippen molar-refractivity contribution in [1.82, 2.24) is 15.0 Å². The molecule has 0 aliphatic heterocycles. The van der Waals surface area contributed by atoms with Gasteiger partial charge in [-0.3, -0.25) is 0 Å². The lowest BCUT2D eigenvalue weighted by molar-refractivity contribution is -0.141. The van der Waals surface area contributed by atoms with Crippen molar-refractivity contribution in [2.45, 2.75) is 26.3 Å². The average Bonchev–Trinajstić information content (AvgIpc) is 2.88. The molecule has 1 N–H and O–H groups in total. The van der Waals surface area contributed by atoms with Gasteiger partial charge in [-0.15, -0.1) is 5.10 Å². The standard InChI is InChI=1S/C14H17N3O3/c1-4-11(14(18)19)17-12(8-15-16-17)10-5-6-13(20-3)9(2)7-10/h5-8,11H,4H2,1-3H3,(H,18,19). The maximum atomic E-state index is 11.3. The van der Waals surface area contributed by atoms with Crippen LogP contribution in [-0.2, 0) is 4.79 Å². The van der Waals surface area contributed by atoms with Gasteiger partial charge >= 0.3 is 5.97 Å². The molecule has 2 aromatic rings. The molecule has 0 radical (unpaired) electrons. The third kappa shape index (κ3) is 2.49. The SMILES string of the molecule is CCC(C(=O)O)n1nncc1-c1ccc(OC)c(C)c1. The third-order valence-electron chi connectivity index (χ3n) is 3.23. The molecule has 1 aromatic heterocycles. The summed E-state index contributed by atoms with van der Waals surface area (Å²) in [4.78, 5) is 11.3. The number of aliphatic carboxylic acids is 1. The first-order valence-electron chi connectivity index (χ1n) is 6.36. The van der Waals surface area contributed by atoms with Crippen LogP contribution in [-0.4, -0.2) is 33.2 Å². The van der Waals surface area contributed by atoms with E-state index in [2.05, 4.69) is 10.3 Å². The van der Waals surface area contributed by atoms with Crippen molar-refractivity contribution in [1.29, 1.82) is 0 Å². The van der Waals surface area contributed by atoms with E-state index in [9.17, 15) is 9.90 Å². The number of aryl methyl sites for hydroxylation is 1. The van der Waals surface area contributed by atoms with Crippen molar-refractivity contribution in [2.75, 3.05) is 7.11 Å². The van der Waals surface area contributed by atoms with Gasteiger partial charge in [0.05, 0.1) is 19.0 Å². The van der Waals surface area contributed by atoms with E-state index in [0.717, 1.165) is 16.9 Å². The normalized spacial score (nSPS) is 12.2. The van der Waals surface area contributed by atoms with Crippen molar-refractivity contribution >= 4 is 5.97 Å². The first-order chi connectivity index (χ1) is 9.58. The van der Waals surface area contributed by atoms with Crippen LogP contribution >= 0.6 is 0 Å². The molecule has 0 aliphatic rings. The number of carboxylic acid groups (broad SMARTS) is 1. The minimum atomic E-state index is -0.913. The van der Waals surface area contributed by atoms with Crippen LogP contribution in [0.1, 0.15) is 24.9 Å². The molecule has 1 heterocycles. The Labute approximate surface area is 117 Å². The summed E-state index contributed by atoms with van der Waals surface area (Å²) in [6.45, 7) is 3.74. The molecule has 6 heteroatoms. The predicted octanol–water partition coefficient (Wildman–Crippen LogP) is 2.30. The number of methoxy groups -OCH3 is 1. The van der Waals surface area contributed by atoms with E-state index in [-0.39, 0.29) is 0 Å². The maximum absolute atomic E-state index is 11.3. The highest BCUT2D eigenvalue weighted by Gasteiger charge is 2.22. The third-order valence-corrected chi connectivity index (χ3v) is 3.23. The van der Waals surface area contributed by atoms with Crippen LogP contribution in [0.2, 0.25) is 0 Å². The molecular weight excluding hydrogens is 258 g/mol. The summed E-state index contributed by atoms with van der Waals surface area (Å²) in [7, 11) is 1.62. The topological polar surface area (TPSA) is 77.2 Å². The molecular formula is C14H17N3O3. The van der Waals surface area contributed by atoms with Crippen LogP contribution in [0.25, 0.3) is 11.3 Å². The first-order valence-corrected chi connectivity index (χ1v) is 6.36. The molecule has 0 saturated carbocycles. The second-order valence-corrected chi connectivity index (χ2v) is 4.51. The number of rotatable bonds is 5. The molecule has 106 valence electrons. The van der Waals surface area contributed by atoms with Gasteiger partial charge in [-0.2, -0.15) is 0 Å². The average molecular weight is 275 g/mol. The van der Waals surface area contributed by atoms with E-state index in [1.807, 2.05) is 32.0 Å². The summed E-state index contributed by atoms with van der Waals surface area (Å²) in [5, 5.41) is 17.0. The lowest BCUT2D eigenvalue weighted by atomic mass is 10.1. The molecule has 2 rings (SSSR count). The number of hydrogen-bond acceptors (Lipinski definition) is 4. The Bertz CT molecular complexity index is 622. The van der Waals surface area contributed by atoms with Crippen LogP contribution in [0, 0.1) is 6.92 Å². The maximum Gasteiger partial charge on any atom is 0.328 e. The van der Waals surface area contributed by atoms with Crippen molar-refractivity contribution < 1.29 is 14.6 Å². The highest BCUT2D eigenvalue weighted by Crippen LogP contribution is 2.27. The van der Waals surface area contributed by atoms with Gasteiger partial charge in [0.2, 0.25) is 0 Å². The summed E-state index contributed by atoms with van der Waals surface area (Å²) in [6, 6.07) is 4.94. The summed E-state index contributed by atoms with van der Waals surface area (Å²) in [6.07, 6.45) is 2.02. The molecule has 6 nitrogen and oxygen atoms in total. The fraction of sp³-hybridized carbons (Fsp3) is 0.357. The Balaban J connectivity index is 2.46. The molecule has 0 aliphatic carbocycles. The van der Waals surface area contributed by atoms with E-state index in [4.69, 9.17) is 4.74 Å². The van der Waals surface area contributed by atoms with Gasteiger partial charge in [-0.25, -0.2) is 9.48 Å². The Morgan fingerprint density at radius 1 is 1.50 bits per heavy atom. The number of nitrogens with zero attached hydrogens (tertiary/aromatic N) is 3. The Morgan fingerprint density at radius 3 is 2.80 bits per heavy atom. The number of hydrogen-bond donors (Lipinski definition) is 1.